The number of ether oxygens (including phenoxy) is 1. The number of aromatic nitrogens is 6. The van der Waals surface area contributed by atoms with Gasteiger partial charge in [0, 0.05) is 18.2 Å². The van der Waals surface area contributed by atoms with Crippen molar-refractivity contribution < 1.29 is 46.2 Å². The molecule has 0 amide bonds. The van der Waals surface area contributed by atoms with Crippen LogP contribution in [0, 0.1) is 5.92 Å². The zero-order chi connectivity index (χ0) is 34.6. The Morgan fingerprint density at radius 2 is 1.83 bits per heavy atom. The number of aromatic amines is 1. The van der Waals surface area contributed by atoms with Gasteiger partial charge in [-0.05, 0) is 37.0 Å². The second kappa shape index (κ2) is 12.9. The van der Waals surface area contributed by atoms with Crippen LogP contribution in [-0.2, 0) is 36.4 Å². The number of hydrogen-bond donors (Lipinski definition) is 5. The van der Waals surface area contributed by atoms with Gasteiger partial charge in [0.1, 0.15) is 30.5 Å². The monoisotopic (exact) mass is 730 g/mol. The molecule has 3 aromatic rings. The summed E-state index contributed by atoms with van der Waals surface area (Å²) in [5.41, 5.74) is 5.14. The minimum atomic E-state index is -4.89. The van der Waals surface area contributed by atoms with E-state index in [-0.39, 0.29) is 41.2 Å². The maximum absolute atomic E-state index is 13.7. The number of fused-ring (bicyclic) bond motifs is 4. The molecule has 2 aliphatic heterocycles. The molecule has 1 aliphatic carbocycles. The summed E-state index contributed by atoms with van der Waals surface area (Å²) >= 11 is 0. The Labute approximate surface area is 276 Å². The van der Waals surface area contributed by atoms with Crippen molar-refractivity contribution >= 4 is 46.9 Å². The third-order valence-corrected chi connectivity index (χ3v) is 15.7. The van der Waals surface area contributed by atoms with Crippen molar-refractivity contribution in [3.05, 3.63) is 35.3 Å². The minimum Gasteiger partial charge on any atom is -0.408 e. The van der Waals surface area contributed by atoms with E-state index in [0.717, 1.165) is 0 Å². The summed E-state index contributed by atoms with van der Waals surface area (Å²) in [5, 5.41) is 2.88. The number of rotatable bonds is 5. The van der Waals surface area contributed by atoms with Gasteiger partial charge in [-0.25, -0.2) is 24.1 Å². The van der Waals surface area contributed by atoms with Crippen LogP contribution in [0.2, 0.25) is 18.1 Å². The molecule has 0 aromatic carbocycles. The Kier molecular flexibility index (Phi) is 9.49. The number of phosphoric acid groups is 2. The van der Waals surface area contributed by atoms with Gasteiger partial charge in [0.2, 0.25) is 5.95 Å². The second-order valence-corrected chi connectivity index (χ2v) is 21.2. The van der Waals surface area contributed by atoms with Gasteiger partial charge in [0.25, 0.3) is 5.56 Å². The fourth-order valence-electron chi connectivity index (χ4n) is 5.80. The number of anilines is 2. The summed E-state index contributed by atoms with van der Waals surface area (Å²) in [5.74, 6) is -0.283. The number of phosphoric ester groups is 2. The van der Waals surface area contributed by atoms with Gasteiger partial charge in [-0.3, -0.25) is 32.4 Å². The van der Waals surface area contributed by atoms with E-state index in [1.165, 1.54) is 17.2 Å². The second-order valence-electron chi connectivity index (χ2n) is 13.6. The first-order valence-corrected chi connectivity index (χ1v) is 21.2. The topological polar surface area (TPSA) is 257 Å². The Balaban J connectivity index is 1.36. The average molecular weight is 731 g/mol. The molecule has 264 valence electrons. The predicted molar refractivity (Wildman–Crippen MR) is 172 cm³/mol. The third kappa shape index (κ3) is 7.44. The van der Waals surface area contributed by atoms with Crippen LogP contribution < -0.4 is 16.6 Å². The highest BCUT2D eigenvalue weighted by Gasteiger charge is 2.55. The lowest BCUT2D eigenvalue weighted by atomic mass is 10.1. The molecular weight excluding hydrogens is 690 g/mol. The smallest absolute Gasteiger partial charge is 0.408 e. The molecule has 3 fully saturated rings. The zero-order valence-electron chi connectivity index (χ0n) is 27.0. The lowest BCUT2D eigenvalue weighted by Crippen LogP contribution is -2.50. The summed E-state index contributed by atoms with van der Waals surface area (Å²) < 4.78 is 64.1. The standard InChI is InChI=1S/C26H40N8O11P2Si/c1-26(2,3)48(4,5)45-20-17-11-41-46(36,37)43-16-9-15(31-18-6-7-28-12-29-18)8-14(16)10-40-47(38,39)44-21(20)24(42-17)34-13-30-19-22(34)32-25(27)33-23(19)35/h6-7,12-17,20-21,24H,8-11H2,1-5H3,(H,36,37)(H,38,39)(H,28,29,31)(H3,27,32,33,35)/t14-,15-,16+,17-,20-,21-,24-/m1/s1. The van der Waals surface area contributed by atoms with E-state index in [4.69, 9.17) is 33.0 Å². The van der Waals surface area contributed by atoms with E-state index in [1.807, 2.05) is 33.9 Å². The van der Waals surface area contributed by atoms with E-state index in [1.54, 1.807) is 12.3 Å². The molecular formula is C26H40N8O11P2Si. The van der Waals surface area contributed by atoms with Crippen LogP contribution in [0.3, 0.4) is 0 Å². The van der Waals surface area contributed by atoms with Crippen molar-refractivity contribution in [2.75, 3.05) is 24.3 Å². The number of hydrogen-bond acceptors (Lipinski definition) is 15. The van der Waals surface area contributed by atoms with Crippen LogP contribution in [0.25, 0.3) is 11.2 Å². The summed E-state index contributed by atoms with van der Waals surface area (Å²) in [6.45, 7) is 9.03. The van der Waals surface area contributed by atoms with Gasteiger partial charge in [-0.15, -0.1) is 0 Å². The summed E-state index contributed by atoms with van der Waals surface area (Å²) in [4.78, 5) is 53.4. The van der Waals surface area contributed by atoms with Crippen molar-refractivity contribution in [2.45, 2.75) is 88.4 Å². The van der Waals surface area contributed by atoms with Crippen molar-refractivity contribution in [1.29, 1.82) is 0 Å². The molecule has 19 nitrogen and oxygen atoms in total. The Bertz CT molecular complexity index is 1790. The van der Waals surface area contributed by atoms with Crippen molar-refractivity contribution in [3.63, 3.8) is 0 Å². The number of imidazole rings is 1. The molecule has 0 radical (unpaired) electrons. The van der Waals surface area contributed by atoms with Crippen LogP contribution in [0.4, 0.5) is 11.8 Å². The molecule has 2 bridgehead atoms. The van der Waals surface area contributed by atoms with E-state index in [9.17, 15) is 23.7 Å². The quantitative estimate of drug-likeness (QED) is 0.187. The average Bonchev–Trinajstić information content (AvgIpc) is 3.66. The molecule has 6 N–H and O–H groups in total. The van der Waals surface area contributed by atoms with E-state index in [2.05, 4.69) is 30.2 Å². The predicted octanol–water partition coefficient (Wildman–Crippen LogP) is 2.69. The maximum atomic E-state index is 13.7. The normalized spacial score (nSPS) is 35.0. The van der Waals surface area contributed by atoms with Gasteiger partial charge in [-0.1, -0.05) is 20.8 Å². The van der Waals surface area contributed by atoms with Gasteiger partial charge in [0.15, 0.2) is 25.7 Å². The number of nitrogens with one attached hydrogen (secondary N) is 2. The molecule has 2 unspecified atom stereocenters. The van der Waals surface area contributed by atoms with E-state index >= 15 is 0 Å². The van der Waals surface area contributed by atoms with Crippen LogP contribution >= 0.6 is 15.6 Å². The van der Waals surface area contributed by atoms with Gasteiger partial charge in [0.05, 0.1) is 25.6 Å². The van der Waals surface area contributed by atoms with Crippen molar-refractivity contribution in [3.8, 4) is 0 Å². The molecule has 2 saturated heterocycles. The zero-order valence-corrected chi connectivity index (χ0v) is 29.7. The summed E-state index contributed by atoms with van der Waals surface area (Å²) in [6.07, 6.45) is -1.05. The third-order valence-electron chi connectivity index (χ3n) is 9.19. The summed E-state index contributed by atoms with van der Waals surface area (Å²) in [6, 6.07) is 1.38. The minimum absolute atomic E-state index is 0.00416. The number of nitrogens with zero attached hydrogens (tertiary/aromatic N) is 5. The van der Waals surface area contributed by atoms with E-state index < -0.39 is 72.7 Å². The largest absolute Gasteiger partial charge is 0.472 e. The molecule has 3 aliphatic rings. The number of H-pyrrole nitrogens is 1. The molecule has 5 heterocycles. The molecule has 22 heteroatoms. The Morgan fingerprint density at radius 1 is 1.10 bits per heavy atom. The lowest BCUT2D eigenvalue weighted by Gasteiger charge is -2.40. The van der Waals surface area contributed by atoms with Crippen LogP contribution in [0.5, 0.6) is 0 Å². The fourth-order valence-corrected chi connectivity index (χ4v) is 9.09. The van der Waals surface area contributed by atoms with Crippen LogP contribution in [-0.4, -0.2) is 91.3 Å². The molecule has 0 spiro atoms. The lowest BCUT2D eigenvalue weighted by molar-refractivity contribution is -0.0558. The number of nitrogens with two attached hydrogens (primary N) is 1. The van der Waals surface area contributed by atoms with Gasteiger partial charge in [-0.2, -0.15) is 4.98 Å². The number of nitrogen functional groups attached to an aromatic ring is 1. The van der Waals surface area contributed by atoms with Gasteiger partial charge >= 0.3 is 15.6 Å². The molecule has 3 aromatic heterocycles. The Hall–Kier alpha value is -2.61. The van der Waals surface area contributed by atoms with Crippen LogP contribution in [0.15, 0.2) is 29.7 Å². The van der Waals surface area contributed by atoms with Gasteiger partial charge < -0.3 is 30.0 Å². The molecule has 1 saturated carbocycles. The highest BCUT2D eigenvalue weighted by molar-refractivity contribution is 7.47. The first kappa shape index (κ1) is 35.2. The first-order chi connectivity index (χ1) is 22.4. The van der Waals surface area contributed by atoms with Crippen molar-refractivity contribution in [1.82, 2.24) is 29.5 Å². The van der Waals surface area contributed by atoms with E-state index in [0.29, 0.717) is 12.2 Å². The maximum Gasteiger partial charge on any atom is 0.472 e. The summed E-state index contributed by atoms with van der Waals surface area (Å²) in [7, 11) is -12.3. The van der Waals surface area contributed by atoms with Crippen LogP contribution in [0.1, 0.15) is 39.8 Å². The molecule has 9 atom stereocenters. The Morgan fingerprint density at radius 3 is 2.54 bits per heavy atom. The first-order valence-electron chi connectivity index (χ1n) is 15.3. The molecule has 6 rings (SSSR count). The van der Waals surface area contributed by atoms with Crippen molar-refractivity contribution in [2.24, 2.45) is 5.92 Å². The highest BCUT2D eigenvalue weighted by Crippen LogP contribution is 2.55. The fraction of sp³-hybridized carbons (Fsp3) is 0.654. The SMILES string of the molecule is CC(C)(C)[Si](C)(C)O[C@H]1[C@H]2OP(=O)(O)OC[C@H]3C[C@@H](Nc4ccncn4)C[C@@H]3OP(=O)(O)OC[C@H]1O[C@H]2n1cnc2c(=O)[nH]c(N)nc21. The highest BCUT2D eigenvalue weighted by atomic mass is 31.2. The molecule has 48 heavy (non-hydrogen) atoms.